The van der Waals surface area contributed by atoms with E-state index < -0.39 is 17.7 Å². The molecule has 0 spiro atoms. The molecule has 0 unspecified atom stereocenters. The van der Waals surface area contributed by atoms with E-state index in [1.165, 1.54) is 0 Å². The van der Waals surface area contributed by atoms with E-state index in [0.717, 1.165) is 12.1 Å². The number of alkyl halides is 1. The summed E-state index contributed by atoms with van der Waals surface area (Å²) in [5.74, 6) is -1.29. The molecule has 0 bridgehead atoms. The molecule has 3 N–H and O–H groups in total. The molecule has 0 aliphatic carbocycles. The molecule has 0 aromatic heterocycles. The first-order valence-corrected chi connectivity index (χ1v) is 6.85. The van der Waals surface area contributed by atoms with Crippen molar-refractivity contribution in [3.05, 3.63) is 23.8 Å². The second-order valence-electron chi connectivity index (χ2n) is 4.71. The number of rotatable bonds is 3. The van der Waals surface area contributed by atoms with Crippen molar-refractivity contribution in [2.45, 2.75) is 18.9 Å². The van der Waals surface area contributed by atoms with Crippen molar-refractivity contribution in [2.24, 2.45) is 10.7 Å². The number of hydrogen-bond acceptors (Lipinski definition) is 3. The Morgan fingerprint density at radius 1 is 1.35 bits per heavy atom. The van der Waals surface area contributed by atoms with E-state index in [0.29, 0.717) is 25.9 Å². The van der Waals surface area contributed by atoms with Crippen LogP contribution in [0.25, 0.3) is 0 Å². The van der Waals surface area contributed by atoms with Gasteiger partial charge in [-0.2, -0.15) is 0 Å². The van der Waals surface area contributed by atoms with Crippen molar-refractivity contribution < 1.29 is 13.9 Å². The lowest BCUT2D eigenvalue weighted by Crippen LogP contribution is -2.36. The van der Waals surface area contributed by atoms with Crippen LogP contribution in [0.4, 0.5) is 20.2 Å². The minimum atomic E-state index is -0.692. The molecule has 1 fully saturated rings. The van der Waals surface area contributed by atoms with Gasteiger partial charge in [0, 0.05) is 25.2 Å². The molecule has 1 heterocycles. The van der Waals surface area contributed by atoms with Crippen LogP contribution >= 0.6 is 11.6 Å². The molecular formula is C13H16ClF2N3O. The van der Waals surface area contributed by atoms with Crippen LogP contribution in [0, 0.1) is 11.6 Å². The molecule has 0 radical (unpaired) electrons. The minimum Gasteiger partial charge on any atom is -0.393 e. The molecular weight excluding hydrogens is 288 g/mol. The fourth-order valence-electron chi connectivity index (χ4n) is 2.20. The average molecular weight is 304 g/mol. The summed E-state index contributed by atoms with van der Waals surface area (Å²) in [6.45, 7) is 0.836. The first-order valence-electron chi connectivity index (χ1n) is 6.32. The van der Waals surface area contributed by atoms with Crippen LogP contribution in [0.3, 0.4) is 0 Å². The summed E-state index contributed by atoms with van der Waals surface area (Å²) < 4.78 is 28.1. The summed E-state index contributed by atoms with van der Waals surface area (Å²) in [5.41, 5.74) is 5.45. The lowest BCUT2D eigenvalue weighted by atomic mass is 10.1. The molecule has 1 saturated heterocycles. The molecule has 2 rings (SSSR count). The Bertz CT molecular complexity index is 493. The Morgan fingerprint density at radius 3 is 2.40 bits per heavy atom. The smallest absolute Gasteiger partial charge is 0.151 e. The van der Waals surface area contributed by atoms with Crippen molar-refractivity contribution in [3.63, 3.8) is 0 Å². The normalized spacial score (nSPS) is 17.6. The summed E-state index contributed by atoms with van der Waals surface area (Å²) in [6, 6.07) is 2.26. The number of benzene rings is 1. The number of anilines is 1. The molecule has 1 aliphatic heterocycles. The molecule has 7 heteroatoms. The molecule has 20 heavy (non-hydrogen) atoms. The van der Waals surface area contributed by atoms with Crippen molar-refractivity contribution in [2.75, 3.05) is 23.9 Å². The third kappa shape index (κ3) is 3.37. The van der Waals surface area contributed by atoms with E-state index in [1.807, 2.05) is 0 Å². The first-order chi connectivity index (χ1) is 9.51. The fourth-order valence-corrected chi connectivity index (χ4v) is 2.26. The summed E-state index contributed by atoms with van der Waals surface area (Å²) in [4.78, 5) is 5.41. The van der Waals surface area contributed by atoms with Crippen LogP contribution in [-0.2, 0) is 0 Å². The monoisotopic (exact) mass is 303 g/mol. The standard InChI is InChI=1S/C13H16ClF2N3O/c14-7-12(17)18-8-5-10(15)13(11(16)6-8)19-3-1-9(20)2-4-19/h5-6,9,20H,1-4,7H2,(H2,17,18). The molecule has 0 saturated carbocycles. The SMILES string of the molecule is NC(CCl)=Nc1cc(F)c(N2CCC(O)CC2)c(F)c1. The Labute approximate surface area is 120 Å². The Kier molecular flexibility index (Phi) is 4.77. The van der Waals surface area contributed by atoms with Gasteiger partial charge in [-0.3, -0.25) is 0 Å². The largest absolute Gasteiger partial charge is 0.393 e. The van der Waals surface area contributed by atoms with E-state index in [-0.39, 0.29) is 23.1 Å². The number of piperidine rings is 1. The van der Waals surface area contributed by atoms with Gasteiger partial charge in [-0.1, -0.05) is 0 Å². The zero-order valence-electron chi connectivity index (χ0n) is 10.8. The summed E-state index contributed by atoms with van der Waals surface area (Å²) in [5, 5.41) is 9.42. The van der Waals surface area contributed by atoms with Crippen LogP contribution in [0.2, 0.25) is 0 Å². The average Bonchev–Trinajstić information content (AvgIpc) is 2.40. The van der Waals surface area contributed by atoms with Gasteiger partial charge in [-0.15, -0.1) is 11.6 Å². The van der Waals surface area contributed by atoms with E-state index in [1.54, 1.807) is 4.90 Å². The van der Waals surface area contributed by atoms with Crippen LogP contribution in [-0.4, -0.2) is 36.0 Å². The third-order valence-electron chi connectivity index (χ3n) is 3.19. The van der Waals surface area contributed by atoms with Gasteiger partial charge < -0.3 is 15.7 Å². The molecule has 0 atom stereocenters. The second-order valence-corrected chi connectivity index (χ2v) is 4.98. The van der Waals surface area contributed by atoms with Gasteiger partial charge in [-0.25, -0.2) is 13.8 Å². The van der Waals surface area contributed by atoms with Crippen molar-refractivity contribution >= 4 is 28.8 Å². The third-order valence-corrected chi connectivity index (χ3v) is 3.47. The van der Waals surface area contributed by atoms with Crippen LogP contribution < -0.4 is 10.6 Å². The maximum atomic E-state index is 14.1. The number of aliphatic imine (C=N–C) groups is 1. The minimum absolute atomic E-state index is 0.00496. The summed E-state index contributed by atoms with van der Waals surface area (Å²) in [7, 11) is 0. The van der Waals surface area contributed by atoms with Crippen LogP contribution in [0.15, 0.2) is 17.1 Å². The van der Waals surface area contributed by atoms with Gasteiger partial charge in [0.05, 0.1) is 17.7 Å². The first kappa shape index (κ1) is 15.0. The Balaban J connectivity index is 2.27. The molecule has 0 amide bonds. The van der Waals surface area contributed by atoms with Gasteiger partial charge in [0.2, 0.25) is 0 Å². The molecule has 1 aliphatic rings. The predicted octanol–water partition coefficient (Wildman–Crippen LogP) is 2.15. The Hall–Kier alpha value is -1.40. The van der Waals surface area contributed by atoms with E-state index in [9.17, 15) is 13.9 Å². The highest BCUT2D eigenvalue weighted by molar-refractivity contribution is 6.28. The molecule has 110 valence electrons. The lowest BCUT2D eigenvalue weighted by Gasteiger charge is -2.31. The van der Waals surface area contributed by atoms with Gasteiger partial charge in [0.25, 0.3) is 0 Å². The van der Waals surface area contributed by atoms with Crippen molar-refractivity contribution in [1.29, 1.82) is 0 Å². The maximum absolute atomic E-state index is 14.1. The van der Waals surface area contributed by atoms with Gasteiger partial charge in [0.15, 0.2) is 11.6 Å². The molecule has 4 nitrogen and oxygen atoms in total. The van der Waals surface area contributed by atoms with Crippen molar-refractivity contribution in [1.82, 2.24) is 0 Å². The zero-order valence-corrected chi connectivity index (χ0v) is 11.6. The number of amidine groups is 1. The number of halogens is 3. The number of aliphatic hydroxyl groups is 1. The van der Waals surface area contributed by atoms with Gasteiger partial charge in [0.1, 0.15) is 11.5 Å². The summed E-state index contributed by atoms with van der Waals surface area (Å²) >= 11 is 5.47. The van der Waals surface area contributed by atoms with Crippen molar-refractivity contribution in [3.8, 4) is 0 Å². The number of nitrogens with two attached hydrogens (primary N) is 1. The number of nitrogens with zero attached hydrogens (tertiary/aromatic N) is 2. The predicted molar refractivity (Wildman–Crippen MR) is 75.8 cm³/mol. The summed E-state index contributed by atoms with van der Waals surface area (Å²) in [6.07, 6.45) is 0.598. The number of hydrogen-bond donors (Lipinski definition) is 2. The fraction of sp³-hybridized carbons (Fsp3) is 0.462. The Morgan fingerprint density at radius 2 is 1.90 bits per heavy atom. The van der Waals surface area contributed by atoms with E-state index in [4.69, 9.17) is 17.3 Å². The lowest BCUT2D eigenvalue weighted by molar-refractivity contribution is 0.145. The zero-order chi connectivity index (χ0) is 14.7. The van der Waals surface area contributed by atoms with E-state index >= 15 is 0 Å². The van der Waals surface area contributed by atoms with Gasteiger partial charge in [-0.05, 0) is 12.8 Å². The quantitative estimate of drug-likeness (QED) is 0.511. The van der Waals surface area contributed by atoms with E-state index in [2.05, 4.69) is 4.99 Å². The molecule has 1 aromatic carbocycles. The molecule has 1 aromatic rings. The topological polar surface area (TPSA) is 61.8 Å². The maximum Gasteiger partial charge on any atom is 0.151 e. The highest BCUT2D eigenvalue weighted by Gasteiger charge is 2.23. The van der Waals surface area contributed by atoms with Crippen LogP contribution in [0.1, 0.15) is 12.8 Å². The second kappa shape index (κ2) is 6.37. The van der Waals surface area contributed by atoms with Crippen LogP contribution in [0.5, 0.6) is 0 Å². The van der Waals surface area contributed by atoms with Gasteiger partial charge >= 0.3 is 0 Å². The highest BCUT2D eigenvalue weighted by atomic mass is 35.5. The highest BCUT2D eigenvalue weighted by Crippen LogP contribution is 2.30. The number of aliphatic hydroxyl groups excluding tert-OH is 1.